The molecule has 4 aromatic rings. The second-order valence-electron chi connectivity index (χ2n) is 8.58. The summed E-state index contributed by atoms with van der Waals surface area (Å²) in [6.45, 7) is 1.73. The van der Waals surface area contributed by atoms with Gasteiger partial charge >= 0.3 is 12.1 Å². The lowest BCUT2D eigenvalue weighted by Crippen LogP contribution is -2.18. The van der Waals surface area contributed by atoms with Gasteiger partial charge in [-0.15, -0.1) is 22.7 Å². The van der Waals surface area contributed by atoms with Crippen LogP contribution in [0.2, 0.25) is 5.02 Å². The van der Waals surface area contributed by atoms with E-state index in [9.17, 15) is 20.0 Å². The van der Waals surface area contributed by atoms with Crippen molar-refractivity contribution in [2.75, 3.05) is 5.32 Å². The number of amides is 1. The Labute approximate surface area is 225 Å². The largest absolute Gasteiger partial charge is 0.481 e. The molecule has 3 aromatic heterocycles. The first-order valence-electron chi connectivity index (χ1n) is 11.2. The predicted octanol–water partition coefficient (Wildman–Crippen LogP) is 6.05. The van der Waals surface area contributed by atoms with Crippen molar-refractivity contribution in [3.63, 3.8) is 0 Å². The van der Waals surface area contributed by atoms with E-state index in [1.54, 1.807) is 32.2 Å². The van der Waals surface area contributed by atoms with Gasteiger partial charge in [-0.25, -0.2) is 4.79 Å². The van der Waals surface area contributed by atoms with Gasteiger partial charge in [-0.1, -0.05) is 35.7 Å². The Morgan fingerprint density at radius 3 is 2.73 bits per heavy atom. The number of anilines is 1. The average Bonchev–Trinajstić information content (AvgIpc) is 3.33. The number of rotatable bonds is 5. The lowest BCUT2D eigenvalue weighted by Gasteiger charge is -2.15. The van der Waals surface area contributed by atoms with E-state index >= 15 is 0 Å². The fourth-order valence-corrected chi connectivity index (χ4v) is 6.88. The number of thiophene rings is 2. The molecule has 186 valence electrons. The average molecular weight is 551 g/mol. The molecule has 1 saturated carbocycles. The number of hydrogen-bond acceptors (Lipinski definition) is 7. The molecular formula is C26H19ClN4O4S2. The van der Waals surface area contributed by atoms with Crippen molar-refractivity contribution in [3.8, 4) is 17.9 Å². The van der Waals surface area contributed by atoms with Crippen molar-refractivity contribution in [1.82, 2.24) is 9.78 Å². The molecule has 0 bridgehead atoms. The summed E-state index contributed by atoms with van der Waals surface area (Å²) in [6.07, 6.45) is 1.48. The molecule has 0 radical (unpaired) electrons. The molecule has 37 heavy (non-hydrogen) atoms. The second-order valence-corrected chi connectivity index (χ2v) is 11.1. The monoisotopic (exact) mass is 550 g/mol. The number of ether oxygens (including phenoxy) is 1. The zero-order chi connectivity index (χ0) is 26.3. The molecule has 2 N–H and O–H groups in total. The van der Waals surface area contributed by atoms with E-state index in [1.165, 1.54) is 33.6 Å². The molecular weight excluding hydrogens is 532 g/mol. The summed E-state index contributed by atoms with van der Waals surface area (Å²) in [5.74, 6) is 5.55. The number of aryl methyl sites for hydroxylation is 1. The Hall–Kier alpha value is -3.83. The quantitative estimate of drug-likeness (QED) is 0.292. The maximum atomic E-state index is 12.6. The molecule has 3 heterocycles. The molecule has 0 saturated heterocycles. The number of benzene rings is 1. The van der Waals surface area contributed by atoms with E-state index in [-0.39, 0.29) is 0 Å². The summed E-state index contributed by atoms with van der Waals surface area (Å²) in [5.41, 5.74) is 0.756. The zero-order valence-corrected chi connectivity index (χ0v) is 22.1. The number of aromatic nitrogens is 2. The van der Waals surface area contributed by atoms with E-state index in [1.807, 2.05) is 12.1 Å². The van der Waals surface area contributed by atoms with Crippen LogP contribution in [0.15, 0.2) is 36.5 Å². The third kappa shape index (κ3) is 4.56. The highest BCUT2D eigenvalue weighted by Crippen LogP contribution is 2.53. The van der Waals surface area contributed by atoms with Gasteiger partial charge in [0, 0.05) is 27.2 Å². The van der Waals surface area contributed by atoms with Crippen molar-refractivity contribution in [3.05, 3.63) is 68.0 Å². The molecule has 0 spiro atoms. The number of nitrogens with zero attached hydrogens (tertiary/aromatic N) is 3. The third-order valence-electron chi connectivity index (χ3n) is 6.20. The van der Waals surface area contributed by atoms with Gasteiger partial charge in [0.05, 0.1) is 26.9 Å². The Morgan fingerprint density at radius 1 is 1.30 bits per heavy atom. The summed E-state index contributed by atoms with van der Waals surface area (Å²) >= 11 is 8.89. The first-order chi connectivity index (χ1) is 17.7. The molecule has 1 amide bonds. The van der Waals surface area contributed by atoms with E-state index in [4.69, 9.17) is 16.3 Å². The van der Waals surface area contributed by atoms with Crippen molar-refractivity contribution >= 4 is 61.6 Å². The van der Waals surface area contributed by atoms with Gasteiger partial charge in [0.15, 0.2) is 0 Å². The van der Waals surface area contributed by atoms with E-state index in [2.05, 4.69) is 28.3 Å². The smallest absolute Gasteiger partial charge is 0.413 e. The Bertz CT molecular complexity index is 1660. The number of nitrogens with one attached hydrogen (secondary N) is 1. The van der Waals surface area contributed by atoms with Crippen LogP contribution < -0.4 is 5.32 Å². The van der Waals surface area contributed by atoms with Crippen LogP contribution in [0.1, 0.15) is 52.3 Å². The standard InChI is InChI=1S/C26H19ClN4O4S2/c1-14(16-5-3-4-6-18(16)27)35-25(34)30-23-15(13-29-31(23)2)7-8-19-17(12-28)22-20(36-19)11-21(37-22)26(9-10-26)24(32)33/h3-6,11,13-14H,9-10H2,1-2H3,(H,30,34)(H,32,33). The molecule has 0 aliphatic heterocycles. The number of carboxylic acids is 1. The second kappa shape index (κ2) is 9.56. The van der Waals surface area contributed by atoms with E-state index < -0.39 is 23.6 Å². The van der Waals surface area contributed by atoms with Gasteiger partial charge in [-0.05, 0) is 37.8 Å². The van der Waals surface area contributed by atoms with Crippen LogP contribution in [0, 0.1) is 23.2 Å². The van der Waals surface area contributed by atoms with Crippen LogP contribution in [0.5, 0.6) is 0 Å². The number of fused-ring (bicyclic) bond motifs is 1. The Kier molecular flexibility index (Phi) is 6.42. The normalized spacial score (nSPS) is 14.3. The molecule has 1 unspecified atom stereocenters. The summed E-state index contributed by atoms with van der Waals surface area (Å²) < 4.78 is 8.55. The summed E-state index contributed by atoms with van der Waals surface area (Å²) in [5, 5.41) is 26.7. The molecule has 5 rings (SSSR count). The minimum absolute atomic E-state index is 0.347. The molecule has 1 fully saturated rings. The number of aliphatic carboxylic acids is 1. The lowest BCUT2D eigenvalue weighted by molar-refractivity contribution is -0.139. The highest BCUT2D eigenvalue weighted by molar-refractivity contribution is 7.28. The highest BCUT2D eigenvalue weighted by Gasteiger charge is 2.53. The molecule has 8 nitrogen and oxygen atoms in total. The van der Waals surface area contributed by atoms with Gasteiger partial charge in [-0.2, -0.15) is 10.4 Å². The van der Waals surface area contributed by atoms with Crippen LogP contribution in [0.4, 0.5) is 10.6 Å². The summed E-state index contributed by atoms with van der Waals surface area (Å²) in [7, 11) is 1.66. The summed E-state index contributed by atoms with van der Waals surface area (Å²) in [4.78, 5) is 25.6. The SMILES string of the molecule is CC(OC(=O)Nc1c(C#Cc2sc3cc(C4(C(=O)O)CC4)sc3c2C#N)cnn1C)c1ccccc1Cl. The molecule has 11 heteroatoms. The molecule has 1 aliphatic rings. The van der Waals surface area contributed by atoms with Crippen molar-refractivity contribution < 1.29 is 19.4 Å². The third-order valence-corrected chi connectivity index (χ3v) is 9.09. The van der Waals surface area contributed by atoms with Gasteiger partial charge in [-0.3, -0.25) is 14.8 Å². The van der Waals surface area contributed by atoms with Crippen molar-refractivity contribution in [1.29, 1.82) is 5.26 Å². The van der Waals surface area contributed by atoms with Crippen LogP contribution in [0.3, 0.4) is 0 Å². The van der Waals surface area contributed by atoms with Gasteiger partial charge in [0.25, 0.3) is 0 Å². The number of carbonyl (C=O) groups excluding carboxylic acids is 1. The predicted molar refractivity (Wildman–Crippen MR) is 142 cm³/mol. The van der Waals surface area contributed by atoms with Crippen LogP contribution >= 0.6 is 34.3 Å². The first kappa shape index (κ1) is 24.8. The van der Waals surface area contributed by atoms with Crippen molar-refractivity contribution in [2.24, 2.45) is 7.05 Å². The number of carbonyl (C=O) groups is 2. The minimum Gasteiger partial charge on any atom is -0.481 e. The number of nitriles is 1. The number of carboxylic acid groups (broad SMARTS) is 1. The van der Waals surface area contributed by atoms with Crippen LogP contribution in [-0.2, 0) is 22.0 Å². The number of halogens is 1. The van der Waals surface area contributed by atoms with Crippen molar-refractivity contribution in [2.45, 2.75) is 31.3 Å². The Balaban J connectivity index is 1.37. The van der Waals surface area contributed by atoms with E-state index in [0.717, 1.165) is 14.3 Å². The zero-order valence-electron chi connectivity index (χ0n) is 19.7. The lowest BCUT2D eigenvalue weighted by atomic mass is 10.1. The highest BCUT2D eigenvalue weighted by atomic mass is 35.5. The molecule has 1 atom stereocenters. The fraction of sp³-hybridized carbons (Fsp3) is 0.231. The van der Waals surface area contributed by atoms with Gasteiger partial charge < -0.3 is 9.84 Å². The van der Waals surface area contributed by atoms with Gasteiger partial charge in [0.2, 0.25) is 0 Å². The maximum Gasteiger partial charge on any atom is 0.413 e. The molecule has 1 aliphatic carbocycles. The van der Waals surface area contributed by atoms with Crippen LogP contribution in [0.25, 0.3) is 9.40 Å². The summed E-state index contributed by atoms with van der Waals surface area (Å²) in [6, 6.07) is 11.2. The topological polar surface area (TPSA) is 117 Å². The maximum absolute atomic E-state index is 12.6. The minimum atomic E-state index is -0.823. The number of hydrogen-bond donors (Lipinski definition) is 2. The first-order valence-corrected chi connectivity index (χ1v) is 13.2. The fourth-order valence-electron chi connectivity index (χ4n) is 3.96. The Morgan fingerprint density at radius 2 is 2.05 bits per heavy atom. The van der Waals surface area contributed by atoms with Crippen LogP contribution in [-0.4, -0.2) is 26.9 Å². The van der Waals surface area contributed by atoms with E-state index in [0.29, 0.717) is 45.2 Å². The molecule has 1 aromatic carbocycles. The van der Waals surface area contributed by atoms with Gasteiger partial charge in [0.1, 0.15) is 23.4 Å².